The Balaban J connectivity index is 3.04. The molecular weight excluding hydrogens is 175 g/mol. The van der Waals surface area contributed by atoms with E-state index in [2.05, 4.69) is 6.92 Å². The third kappa shape index (κ3) is 1.98. The van der Waals surface area contributed by atoms with Gasteiger partial charge in [-0.25, -0.2) is 4.39 Å². The molecule has 0 heterocycles. The van der Waals surface area contributed by atoms with Crippen LogP contribution in [-0.2, 0) is 6.42 Å². The van der Waals surface area contributed by atoms with Gasteiger partial charge in [-0.1, -0.05) is 31.0 Å². The Labute approximate surface area is 77.4 Å². The molecular formula is C10H12ClF. The fourth-order valence-corrected chi connectivity index (χ4v) is 1.52. The van der Waals surface area contributed by atoms with E-state index in [1.54, 1.807) is 13.0 Å². The highest BCUT2D eigenvalue weighted by Gasteiger charge is 2.04. The van der Waals surface area contributed by atoms with Gasteiger partial charge in [0.25, 0.3) is 0 Å². The molecule has 0 aromatic heterocycles. The lowest BCUT2D eigenvalue weighted by molar-refractivity contribution is 0.618. The second-order valence-electron chi connectivity index (χ2n) is 2.96. The summed E-state index contributed by atoms with van der Waals surface area (Å²) in [4.78, 5) is 0. The maximum absolute atomic E-state index is 13.0. The Hall–Kier alpha value is -0.560. The standard InChI is InChI=1S/C10H12ClF/c1-3-4-8-5-7(2)10(12)9(11)6-8/h5-6H,3-4H2,1-2H3. The maximum atomic E-state index is 13.0. The van der Waals surface area contributed by atoms with Crippen molar-refractivity contribution in [2.45, 2.75) is 26.7 Å². The van der Waals surface area contributed by atoms with Gasteiger partial charge in [0.15, 0.2) is 0 Å². The molecule has 0 aliphatic rings. The van der Waals surface area contributed by atoms with E-state index in [0.29, 0.717) is 5.56 Å². The predicted octanol–water partition coefficient (Wildman–Crippen LogP) is 3.74. The molecule has 0 amide bonds. The molecule has 1 aromatic rings. The molecule has 12 heavy (non-hydrogen) atoms. The topological polar surface area (TPSA) is 0 Å². The Kier molecular flexibility index (Phi) is 3.10. The SMILES string of the molecule is CCCc1cc(C)c(F)c(Cl)c1. The van der Waals surface area contributed by atoms with Gasteiger partial charge in [-0.3, -0.25) is 0 Å². The first-order chi connectivity index (χ1) is 5.65. The summed E-state index contributed by atoms with van der Waals surface area (Å²) < 4.78 is 13.0. The minimum Gasteiger partial charge on any atom is -0.205 e. The van der Waals surface area contributed by atoms with E-state index in [9.17, 15) is 4.39 Å². The zero-order valence-electron chi connectivity index (χ0n) is 7.32. The average molecular weight is 187 g/mol. The number of halogens is 2. The quantitative estimate of drug-likeness (QED) is 0.660. The van der Waals surface area contributed by atoms with Gasteiger partial charge in [0.1, 0.15) is 5.82 Å². The molecule has 2 heteroatoms. The zero-order valence-corrected chi connectivity index (χ0v) is 8.08. The van der Waals surface area contributed by atoms with Crippen LogP contribution in [0.15, 0.2) is 12.1 Å². The molecule has 1 aromatic carbocycles. The first-order valence-electron chi connectivity index (χ1n) is 4.09. The zero-order chi connectivity index (χ0) is 9.14. The van der Waals surface area contributed by atoms with Gasteiger partial charge in [0.2, 0.25) is 0 Å². The van der Waals surface area contributed by atoms with Crippen LogP contribution in [0.3, 0.4) is 0 Å². The van der Waals surface area contributed by atoms with Gasteiger partial charge in [-0.05, 0) is 30.5 Å². The second kappa shape index (κ2) is 3.90. The van der Waals surface area contributed by atoms with Crippen LogP contribution >= 0.6 is 11.6 Å². The van der Waals surface area contributed by atoms with Crippen molar-refractivity contribution in [1.82, 2.24) is 0 Å². The Morgan fingerprint density at radius 1 is 1.42 bits per heavy atom. The minimum atomic E-state index is -0.295. The fraction of sp³-hybridized carbons (Fsp3) is 0.400. The van der Waals surface area contributed by atoms with Crippen LogP contribution < -0.4 is 0 Å². The molecule has 0 nitrogen and oxygen atoms in total. The van der Waals surface area contributed by atoms with Crippen LogP contribution in [0.25, 0.3) is 0 Å². The van der Waals surface area contributed by atoms with E-state index in [-0.39, 0.29) is 10.8 Å². The lowest BCUT2D eigenvalue weighted by atomic mass is 10.1. The molecule has 0 fully saturated rings. The molecule has 0 aliphatic heterocycles. The van der Waals surface area contributed by atoms with Crippen LogP contribution in [0.4, 0.5) is 4.39 Å². The molecule has 0 atom stereocenters. The third-order valence-electron chi connectivity index (χ3n) is 1.81. The van der Waals surface area contributed by atoms with E-state index in [0.717, 1.165) is 18.4 Å². The molecule has 0 bridgehead atoms. The van der Waals surface area contributed by atoms with Crippen molar-refractivity contribution in [3.05, 3.63) is 34.1 Å². The van der Waals surface area contributed by atoms with Crippen molar-refractivity contribution >= 4 is 11.6 Å². The largest absolute Gasteiger partial charge is 0.205 e. The number of benzene rings is 1. The van der Waals surface area contributed by atoms with Crippen LogP contribution in [0.5, 0.6) is 0 Å². The van der Waals surface area contributed by atoms with Crippen molar-refractivity contribution in [3.8, 4) is 0 Å². The summed E-state index contributed by atoms with van der Waals surface area (Å²) in [5.41, 5.74) is 1.74. The smallest absolute Gasteiger partial charge is 0.144 e. The summed E-state index contributed by atoms with van der Waals surface area (Å²) in [5, 5.41) is 0.235. The van der Waals surface area contributed by atoms with Gasteiger partial charge in [0, 0.05) is 0 Å². The number of hydrogen-bond acceptors (Lipinski definition) is 0. The Morgan fingerprint density at radius 2 is 2.08 bits per heavy atom. The number of aryl methyl sites for hydroxylation is 2. The fourth-order valence-electron chi connectivity index (χ4n) is 1.23. The van der Waals surface area contributed by atoms with Crippen LogP contribution in [0.1, 0.15) is 24.5 Å². The number of hydrogen-bond donors (Lipinski definition) is 0. The first kappa shape index (κ1) is 9.53. The van der Waals surface area contributed by atoms with E-state index in [1.807, 2.05) is 6.07 Å². The van der Waals surface area contributed by atoms with E-state index < -0.39 is 0 Å². The van der Waals surface area contributed by atoms with Gasteiger partial charge < -0.3 is 0 Å². The molecule has 1 rings (SSSR count). The Bertz CT molecular complexity index is 258. The minimum absolute atomic E-state index is 0.235. The van der Waals surface area contributed by atoms with Gasteiger partial charge in [-0.15, -0.1) is 0 Å². The summed E-state index contributed by atoms with van der Waals surface area (Å²) in [7, 11) is 0. The highest BCUT2D eigenvalue weighted by molar-refractivity contribution is 6.30. The summed E-state index contributed by atoms with van der Waals surface area (Å²) in [6, 6.07) is 3.55. The molecule has 0 saturated carbocycles. The highest BCUT2D eigenvalue weighted by atomic mass is 35.5. The second-order valence-corrected chi connectivity index (χ2v) is 3.37. The molecule has 0 aliphatic carbocycles. The molecule has 0 N–H and O–H groups in total. The molecule has 0 unspecified atom stereocenters. The van der Waals surface area contributed by atoms with Crippen molar-refractivity contribution < 1.29 is 4.39 Å². The normalized spacial score (nSPS) is 10.3. The first-order valence-corrected chi connectivity index (χ1v) is 4.47. The lowest BCUT2D eigenvalue weighted by Gasteiger charge is -2.03. The molecule has 66 valence electrons. The number of rotatable bonds is 2. The average Bonchev–Trinajstić information content (AvgIpc) is 2.01. The van der Waals surface area contributed by atoms with Crippen LogP contribution in [-0.4, -0.2) is 0 Å². The maximum Gasteiger partial charge on any atom is 0.144 e. The van der Waals surface area contributed by atoms with Crippen molar-refractivity contribution in [2.75, 3.05) is 0 Å². The van der Waals surface area contributed by atoms with Gasteiger partial charge >= 0.3 is 0 Å². The summed E-state index contributed by atoms with van der Waals surface area (Å²) >= 11 is 5.68. The van der Waals surface area contributed by atoms with E-state index >= 15 is 0 Å². The van der Waals surface area contributed by atoms with Gasteiger partial charge in [0.05, 0.1) is 5.02 Å². The lowest BCUT2D eigenvalue weighted by Crippen LogP contribution is -1.89. The van der Waals surface area contributed by atoms with Crippen molar-refractivity contribution in [2.24, 2.45) is 0 Å². The van der Waals surface area contributed by atoms with Crippen LogP contribution in [0, 0.1) is 12.7 Å². The van der Waals surface area contributed by atoms with Gasteiger partial charge in [-0.2, -0.15) is 0 Å². The molecule has 0 radical (unpaired) electrons. The summed E-state index contributed by atoms with van der Waals surface area (Å²) in [6.45, 7) is 3.83. The van der Waals surface area contributed by atoms with Crippen molar-refractivity contribution in [1.29, 1.82) is 0 Å². The molecule has 0 saturated heterocycles. The van der Waals surface area contributed by atoms with E-state index in [1.165, 1.54) is 0 Å². The monoisotopic (exact) mass is 186 g/mol. The Morgan fingerprint density at radius 3 is 2.58 bits per heavy atom. The summed E-state index contributed by atoms with van der Waals surface area (Å²) in [5.74, 6) is -0.295. The van der Waals surface area contributed by atoms with E-state index in [4.69, 9.17) is 11.6 Å². The predicted molar refractivity (Wildman–Crippen MR) is 50.1 cm³/mol. The highest BCUT2D eigenvalue weighted by Crippen LogP contribution is 2.20. The summed E-state index contributed by atoms with van der Waals surface area (Å²) in [6.07, 6.45) is 2.02. The van der Waals surface area contributed by atoms with Crippen molar-refractivity contribution in [3.63, 3.8) is 0 Å². The molecule has 0 spiro atoms. The third-order valence-corrected chi connectivity index (χ3v) is 2.08. The van der Waals surface area contributed by atoms with Crippen LogP contribution in [0.2, 0.25) is 5.02 Å².